The monoisotopic (exact) mass is 272 g/mol. The number of rotatable bonds is 3. The number of benzene rings is 2. The number of phenols is 1. The molecular weight excluding hydrogens is 260 g/mol. The second-order valence-electron chi connectivity index (χ2n) is 4.37. The number of aromatic nitrogens is 1. The Balaban J connectivity index is 1.84. The number of para-hydroxylation sites is 1. The maximum Gasteiger partial charge on any atom is 0.117 e. The Labute approximate surface area is 115 Å². The lowest BCUT2D eigenvalue weighted by molar-refractivity contribution is 0.475. The van der Waals surface area contributed by atoms with E-state index in [0.717, 1.165) is 27.3 Å². The quantitative estimate of drug-likeness (QED) is 0.671. The number of aromatic amines is 1. The number of halogens is 1. The van der Waals surface area contributed by atoms with E-state index >= 15 is 0 Å². The van der Waals surface area contributed by atoms with E-state index in [0.29, 0.717) is 6.54 Å². The van der Waals surface area contributed by atoms with Crippen LogP contribution in [0.5, 0.6) is 5.75 Å². The molecule has 3 N–H and O–H groups in total. The highest BCUT2D eigenvalue weighted by Gasteiger charge is 2.08. The van der Waals surface area contributed by atoms with Gasteiger partial charge in [0.05, 0.1) is 17.3 Å². The van der Waals surface area contributed by atoms with Gasteiger partial charge in [-0.1, -0.05) is 35.9 Å². The van der Waals surface area contributed by atoms with Crippen LogP contribution < -0.4 is 5.32 Å². The van der Waals surface area contributed by atoms with Crippen LogP contribution in [0.3, 0.4) is 0 Å². The lowest BCUT2D eigenvalue weighted by Gasteiger charge is -2.05. The fraction of sp³-hybridized carbons (Fsp3) is 0.0667. The molecule has 2 aromatic carbocycles. The van der Waals surface area contributed by atoms with E-state index in [1.165, 1.54) is 0 Å². The van der Waals surface area contributed by atoms with Crippen molar-refractivity contribution in [2.45, 2.75) is 6.54 Å². The van der Waals surface area contributed by atoms with Gasteiger partial charge in [0.25, 0.3) is 0 Å². The van der Waals surface area contributed by atoms with Crippen LogP contribution in [0.15, 0.2) is 48.5 Å². The van der Waals surface area contributed by atoms with Crippen LogP contribution in [0.25, 0.3) is 10.9 Å². The maximum atomic E-state index is 9.41. The highest BCUT2D eigenvalue weighted by molar-refractivity contribution is 6.36. The summed E-state index contributed by atoms with van der Waals surface area (Å²) in [4.78, 5) is 3.29. The van der Waals surface area contributed by atoms with Gasteiger partial charge in [0.15, 0.2) is 0 Å². The van der Waals surface area contributed by atoms with Gasteiger partial charge in [-0.3, -0.25) is 0 Å². The van der Waals surface area contributed by atoms with E-state index in [9.17, 15) is 5.11 Å². The van der Waals surface area contributed by atoms with Gasteiger partial charge in [0.1, 0.15) is 5.75 Å². The molecular formula is C15H13ClN2O. The molecule has 0 spiro atoms. The van der Waals surface area contributed by atoms with Gasteiger partial charge in [0, 0.05) is 22.7 Å². The number of aromatic hydroxyl groups is 1. The molecule has 0 amide bonds. The largest absolute Gasteiger partial charge is 0.508 e. The Morgan fingerprint density at radius 1 is 1.11 bits per heavy atom. The first-order chi connectivity index (χ1) is 9.24. The van der Waals surface area contributed by atoms with Crippen LogP contribution in [-0.4, -0.2) is 10.1 Å². The van der Waals surface area contributed by atoms with Crippen molar-refractivity contribution in [3.8, 4) is 5.75 Å². The fourth-order valence-corrected chi connectivity index (χ4v) is 2.37. The smallest absolute Gasteiger partial charge is 0.117 e. The van der Waals surface area contributed by atoms with Gasteiger partial charge in [-0.2, -0.15) is 0 Å². The molecule has 96 valence electrons. The van der Waals surface area contributed by atoms with Gasteiger partial charge in [-0.15, -0.1) is 0 Å². The zero-order valence-corrected chi connectivity index (χ0v) is 10.9. The average Bonchev–Trinajstić information content (AvgIpc) is 2.74. The van der Waals surface area contributed by atoms with Crippen molar-refractivity contribution in [3.63, 3.8) is 0 Å². The Morgan fingerprint density at radius 3 is 2.74 bits per heavy atom. The number of nitrogens with one attached hydrogen (secondary N) is 2. The molecule has 1 heterocycles. The molecule has 0 aliphatic carbocycles. The van der Waals surface area contributed by atoms with Crippen LogP contribution in [0.4, 0.5) is 5.69 Å². The topological polar surface area (TPSA) is 48.0 Å². The van der Waals surface area contributed by atoms with Crippen LogP contribution in [0.2, 0.25) is 5.02 Å². The van der Waals surface area contributed by atoms with Crippen LogP contribution in [0.1, 0.15) is 5.69 Å². The maximum absolute atomic E-state index is 9.41. The Kier molecular flexibility index (Phi) is 3.05. The van der Waals surface area contributed by atoms with Gasteiger partial charge in [-0.05, 0) is 18.2 Å². The zero-order chi connectivity index (χ0) is 13.2. The van der Waals surface area contributed by atoms with Crippen LogP contribution in [0, 0.1) is 0 Å². The van der Waals surface area contributed by atoms with Crippen LogP contribution in [-0.2, 0) is 6.54 Å². The Bertz CT molecular complexity index is 721. The summed E-state index contributed by atoms with van der Waals surface area (Å²) in [5.41, 5.74) is 2.82. The third kappa shape index (κ3) is 2.37. The molecule has 0 bridgehead atoms. The molecule has 0 unspecified atom stereocenters. The summed E-state index contributed by atoms with van der Waals surface area (Å²) in [7, 11) is 0. The lowest BCUT2D eigenvalue weighted by atomic mass is 10.2. The highest BCUT2D eigenvalue weighted by atomic mass is 35.5. The first kappa shape index (κ1) is 11.9. The molecule has 0 radical (unpaired) electrons. The summed E-state index contributed by atoms with van der Waals surface area (Å²) in [6, 6.07) is 14.9. The van der Waals surface area contributed by atoms with E-state index < -0.39 is 0 Å². The molecule has 0 aliphatic rings. The normalized spacial score (nSPS) is 10.8. The van der Waals surface area contributed by atoms with E-state index in [-0.39, 0.29) is 5.75 Å². The van der Waals surface area contributed by atoms with Crippen molar-refractivity contribution in [1.82, 2.24) is 4.98 Å². The molecule has 4 heteroatoms. The summed E-state index contributed by atoms with van der Waals surface area (Å²) < 4.78 is 0. The summed E-state index contributed by atoms with van der Waals surface area (Å²) in [6.45, 7) is 0.580. The summed E-state index contributed by atoms with van der Waals surface area (Å²) in [5.74, 6) is 0.243. The Morgan fingerprint density at radius 2 is 1.95 bits per heavy atom. The molecule has 0 aliphatic heterocycles. The molecule has 0 saturated carbocycles. The highest BCUT2D eigenvalue weighted by Crippen LogP contribution is 2.27. The number of hydrogen-bond donors (Lipinski definition) is 3. The number of anilines is 1. The van der Waals surface area contributed by atoms with Crippen molar-refractivity contribution in [2.75, 3.05) is 5.32 Å². The first-order valence-corrected chi connectivity index (χ1v) is 6.40. The molecule has 3 nitrogen and oxygen atoms in total. The molecule has 19 heavy (non-hydrogen) atoms. The van der Waals surface area contributed by atoms with Crippen molar-refractivity contribution in [2.24, 2.45) is 0 Å². The molecule has 0 fully saturated rings. The van der Waals surface area contributed by atoms with Gasteiger partial charge in [-0.25, -0.2) is 0 Å². The number of phenolic OH excluding ortho intramolecular Hbond substituents is 1. The summed E-state index contributed by atoms with van der Waals surface area (Å²) in [5, 5.41) is 14.4. The number of fused-ring (bicyclic) bond motifs is 1. The van der Waals surface area contributed by atoms with Gasteiger partial charge < -0.3 is 15.4 Å². The molecule has 3 aromatic rings. The van der Waals surface area contributed by atoms with Crippen molar-refractivity contribution < 1.29 is 5.11 Å². The summed E-state index contributed by atoms with van der Waals surface area (Å²) in [6.07, 6.45) is 0. The minimum atomic E-state index is 0.243. The molecule has 0 atom stereocenters. The standard InChI is InChI=1S/C15H13ClN2O/c16-15-12-6-1-2-7-13(12)18-14(15)9-17-10-4-3-5-11(19)8-10/h1-8,17-19H,9H2. The summed E-state index contributed by atoms with van der Waals surface area (Å²) >= 11 is 6.33. The average molecular weight is 273 g/mol. The minimum Gasteiger partial charge on any atom is -0.508 e. The second kappa shape index (κ2) is 4.86. The number of H-pyrrole nitrogens is 1. The van der Waals surface area contributed by atoms with Crippen molar-refractivity contribution in [1.29, 1.82) is 0 Å². The van der Waals surface area contributed by atoms with E-state index in [4.69, 9.17) is 11.6 Å². The predicted molar refractivity (Wildman–Crippen MR) is 78.7 cm³/mol. The van der Waals surface area contributed by atoms with Gasteiger partial charge >= 0.3 is 0 Å². The zero-order valence-electron chi connectivity index (χ0n) is 10.2. The number of hydrogen-bond acceptors (Lipinski definition) is 2. The van der Waals surface area contributed by atoms with E-state index in [1.807, 2.05) is 30.3 Å². The van der Waals surface area contributed by atoms with Crippen molar-refractivity contribution >= 4 is 28.2 Å². The van der Waals surface area contributed by atoms with Crippen molar-refractivity contribution in [3.05, 3.63) is 59.2 Å². The van der Waals surface area contributed by atoms with E-state index in [2.05, 4.69) is 10.3 Å². The van der Waals surface area contributed by atoms with Gasteiger partial charge in [0.2, 0.25) is 0 Å². The molecule has 0 saturated heterocycles. The third-order valence-corrected chi connectivity index (χ3v) is 3.46. The second-order valence-corrected chi connectivity index (χ2v) is 4.74. The molecule has 3 rings (SSSR count). The fourth-order valence-electron chi connectivity index (χ4n) is 2.09. The SMILES string of the molecule is Oc1cccc(NCc2[nH]c3ccccc3c2Cl)c1. The first-order valence-electron chi connectivity index (χ1n) is 6.02. The third-order valence-electron chi connectivity index (χ3n) is 3.03. The Hall–Kier alpha value is -2.13. The minimum absolute atomic E-state index is 0.243. The van der Waals surface area contributed by atoms with E-state index in [1.54, 1.807) is 18.2 Å². The van der Waals surface area contributed by atoms with Crippen LogP contribution >= 0.6 is 11.6 Å². The lowest BCUT2D eigenvalue weighted by Crippen LogP contribution is -1.99. The predicted octanol–water partition coefficient (Wildman–Crippen LogP) is 4.14. The molecule has 1 aromatic heterocycles.